The zero-order valence-corrected chi connectivity index (χ0v) is 18.6. The van der Waals surface area contributed by atoms with Crippen LogP contribution < -0.4 is 10.6 Å². The molecule has 0 bridgehead atoms. The first-order valence-electron chi connectivity index (χ1n) is 10.2. The maximum atomic E-state index is 13.0. The van der Waals surface area contributed by atoms with Gasteiger partial charge in [0.1, 0.15) is 17.8 Å². The van der Waals surface area contributed by atoms with Crippen molar-refractivity contribution in [3.8, 4) is 5.75 Å². The lowest BCUT2D eigenvalue weighted by molar-refractivity contribution is -0.148. The molecule has 0 aliphatic carbocycles. The number of nitrogens with one attached hydrogen (secondary N) is 2. The first kappa shape index (κ1) is 25.9. The standard InChI is InChI=1S/C22H32N2O7/c1-6-31-20(29)16(11-12-17(26)27)23-19(28)18(13(2)3)24-21(30)22(4,5)14-7-9-15(25)10-8-14/h7-10,13,16,18,25H,6,11-12H2,1-5H3,(H,23,28)(H,24,30)(H,26,27)/t16-,18+/m1/s1. The van der Waals surface area contributed by atoms with Gasteiger partial charge in [0.25, 0.3) is 0 Å². The Balaban J connectivity index is 2.98. The van der Waals surface area contributed by atoms with E-state index in [1.807, 2.05) is 0 Å². The number of hydrogen-bond acceptors (Lipinski definition) is 6. The van der Waals surface area contributed by atoms with Crippen LogP contribution in [0.3, 0.4) is 0 Å². The SMILES string of the molecule is CCOC(=O)[C@@H](CCC(=O)O)NC(=O)[C@@H](NC(=O)C(C)(C)c1ccc(O)cc1)C(C)C. The Morgan fingerprint density at radius 2 is 1.65 bits per heavy atom. The molecule has 0 radical (unpaired) electrons. The third-order valence-corrected chi connectivity index (χ3v) is 4.93. The Morgan fingerprint density at radius 1 is 1.06 bits per heavy atom. The molecule has 9 nitrogen and oxygen atoms in total. The third kappa shape index (κ3) is 7.58. The number of aromatic hydroxyl groups is 1. The largest absolute Gasteiger partial charge is 0.508 e. The quantitative estimate of drug-likeness (QED) is 0.387. The predicted octanol–water partition coefficient (Wildman–Crippen LogP) is 1.72. The number of ether oxygens (including phenoxy) is 1. The summed E-state index contributed by atoms with van der Waals surface area (Å²) in [5, 5.41) is 23.6. The van der Waals surface area contributed by atoms with Crippen LogP contribution in [0.25, 0.3) is 0 Å². The molecule has 31 heavy (non-hydrogen) atoms. The van der Waals surface area contributed by atoms with Crippen LogP contribution in [0.5, 0.6) is 5.75 Å². The Morgan fingerprint density at radius 3 is 2.13 bits per heavy atom. The molecule has 2 amide bonds. The molecule has 0 fully saturated rings. The summed E-state index contributed by atoms with van der Waals surface area (Å²) in [5.41, 5.74) is -0.345. The van der Waals surface area contributed by atoms with Crippen molar-refractivity contribution in [3.05, 3.63) is 29.8 Å². The van der Waals surface area contributed by atoms with Crippen LogP contribution >= 0.6 is 0 Å². The number of carboxylic acids is 1. The highest BCUT2D eigenvalue weighted by atomic mass is 16.5. The van der Waals surface area contributed by atoms with Gasteiger partial charge in [-0.1, -0.05) is 26.0 Å². The second kappa shape index (κ2) is 11.3. The highest BCUT2D eigenvalue weighted by Gasteiger charge is 2.35. The molecule has 1 aromatic carbocycles. The van der Waals surface area contributed by atoms with Crippen LogP contribution in [0.4, 0.5) is 0 Å². The van der Waals surface area contributed by atoms with Crippen molar-refractivity contribution in [2.75, 3.05) is 6.61 Å². The number of carboxylic acid groups (broad SMARTS) is 1. The van der Waals surface area contributed by atoms with Crippen molar-refractivity contribution < 1.29 is 34.1 Å². The molecule has 2 atom stereocenters. The first-order chi connectivity index (χ1) is 14.4. The van der Waals surface area contributed by atoms with Crippen LogP contribution in [0.2, 0.25) is 0 Å². The number of amides is 2. The van der Waals surface area contributed by atoms with Gasteiger partial charge in [-0.05, 0) is 50.8 Å². The van der Waals surface area contributed by atoms with Gasteiger partial charge in [0.05, 0.1) is 12.0 Å². The molecule has 0 spiro atoms. The second-order valence-corrected chi connectivity index (χ2v) is 8.11. The number of phenols is 1. The van der Waals surface area contributed by atoms with Gasteiger partial charge in [0, 0.05) is 6.42 Å². The lowest BCUT2D eigenvalue weighted by atomic mass is 9.83. The molecule has 4 N–H and O–H groups in total. The molecule has 0 saturated carbocycles. The normalized spacial score (nSPS) is 13.2. The molecule has 172 valence electrons. The zero-order chi connectivity index (χ0) is 23.8. The molecular weight excluding hydrogens is 404 g/mol. The number of benzene rings is 1. The lowest BCUT2D eigenvalue weighted by Crippen LogP contribution is -2.56. The molecule has 9 heteroatoms. The Labute approximate surface area is 182 Å². The molecule has 0 saturated heterocycles. The molecule has 0 aliphatic rings. The van der Waals surface area contributed by atoms with E-state index in [0.29, 0.717) is 5.56 Å². The van der Waals surface area contributed by atoms with Gasteiger partial charge in [-0.25, -0.2) is 4.79 Å². The summed E-state index contributed by atoms with van der Waals surface area (Å²) in [5.74, 6) is -3.07. The molecule has 0 aromatic heterocycles. The fourth-order valence-corrected chi connectivity index (χ4v) is 2.89. The van der Waals surface area contributed by atoms with Gasteiger partial charge >= 0.3 is 11.9 Å². The van der Waals surface area contributed by atoms with Crippen molar-refractivity contribution in [1.29, 1.82) is 0 Å². The Hall–Kier alpha value is -3.10. The minimum atomic E-state index is -1.13. The van der Waals surface area contributed by atoms with Crippen LogP contribution in [0.1, 0.15) is 53.0 Å². The minimum Gasteiger partial charge on any atom is -0.508 e. The second-order valence-electron chi connectivity index (χ2n) is 8.11. The highest BCUT2D eigenvalue weighted by Crippen LogP contribution is 2.25. The van der Waals surface area contributed by atoms with Gasteiger partial charge in [-0.15, -0.1) is 0 Å². The van der Waals surface area contributed by atoms with E-state index in [2.05, 4.69) is 10.6 Å². The lowest BCUT2D eigenvalue weighted by Gasteiger charge is -2.30. The number of hydrogen-bond donors (Lipinski definition) is 4. The molecule has 1 aromatic rings. The monoisotopic (exact) mass is 436 g/mol. The summed E-state index contributed by atoms with van der Waals surface area (Å²) < 4.78 is 4.93. The Kier molecular flexibility index (Phi) is 9.48. The number of esters is 1. The number of carbonyl (C=O) groups excluding carboxylic acids is 3. The number of phenolic OH excluding ortho intramolecular Hbond substituents is 1. The van der Waals surface area contributed by atoms with Crippen molar-refractivity contribution in [3.63, 3.8) is 0 Å². The number of rotatable bonds is 11. The predicted molar refractivity (Wildman–Crippen MR) is 113 cm³/mol. The van der Waals surface area contributed by atoms with E-state index < -0.39 is 41.3 Å². The molecule has 0 heterocycles. The summed E-state index contributed by atoms with van der Waals surface area (Å²) in [4.78, 5) is 48.9. The van der Waals surface area contributed by atoms with Crippen molar-refractivity contribution in [2.24, 2.45) is 5.92 Å². The van der Waals surface area contributed by atoms with Gasteiger partial charge in [0.2, 0.25) is 11.8 Å². The highest BCUT2D eigenvalue weighted by molar-refractivity contribution is 5.94. The maximum absolute atomic E-state index is 13.0. The minimum absolute atomic E-state index is 0.0748. The average molecular weight is 437 g/mol. The van der Waals surface area contributed by atoms with Gasteiger partial charge in [0.15, 0.2) is 0 Å². The van der Waals surface area contributed by atoms with E-state index in [4.69, 9.17) is 9.84 Å². The van der Waals surface area contributed by atoms with E-state index >= 15 is 0 Å². The topological polar surface area (TPSA) is 142 Å². The van der Waals surface area contributed by atoms with Crippen LogP contribution in [0, 0.1) is 5.92 Å². The first-order valence-corrected chi connectivity index (χ1v) is 10.2. The fraction of sp³-hybridized carbons (Fsp3) is 0.545. The fourth-order valence-electron chi connectivity index (χ4n) is 2.89. The van der Waals surface area contributed by atoms with Gasteiger partial charge in [-0.3, -0.25) is 14.4 Å². The van der Waals surface area contributed by atoms with Crippen LogP contribution in [0.15, 0.2) is 24.3 Å². The molecule has 0 aliphatic heterocycles. The van der Waals surface area contributed by atoms with E-state index in [9.17, 15) is 24.3 Å². The zero-order valence-electron chi connectivity index (χ0n) is 18.6. The van der Waals surface area contributed by atoms with Gasteiger partial charge in [-0.2, -0.15) is 0 Å². The summed E-state index contributed by atoms with van der Waals surface area (Å²) >= 11 is 0. The summed E-state index contributed by atoms with van der Waals surface area (Å²) in [6.07, 6.45) is -0.450. The van der Waals surface area contributed by atoms with Crippen molar-refractivity contribution >= 4 is 23.8 Å². The molecule has 0 unspecified atom stereocenters. The summed E-state index contributed by atoms with van der Waals surface area (Å²) in [6, 6.07) is 4.12. The smallest absolute Gasteiger partial charge is 0.328 e. The molecule has 1 rings (SSSR count). The average Bonchev–Trinajstić information content (AvgIpc) is 2.68. The number of aliphatic carboxylic acids is 1. The summed E-state index contributed by atoms with van der Waals surface area (Å²) in [7, 11) is 0. The van der Waals surface area contributed by atoms with Crippen molar-refractivity contribution in [1.82, 2.24) is 10.6 Å². The van der Waals surface area contributed by atoms with Gasteiger partial charge < -0.3 is 25.6 Å². The van der Waals surface area contributed by atoms with Crippen LogP contribution in [-0.4, -0.2) is 52.7 Å². The Bertz CT molecular complexity index is 788. The third-order valence-electron chi connectivity index (χ3n) is 4.93. The molecular formula is C22H32N2O7. The van der Waals surface area contributed by atoms with E-state index in [1.54, 1.807) is 46.8 Å². The summed E-state index contributed by atoms with van der Waals surface area (Å²) in [6.45, 7) is 8.57. The maximum Gasteiger partial charge on any atom is 0.328 e. The van der Waals surface area contributed by atoms with E-state index in [0.717, 1.165) is 0 Å². The number of carbonyl (C=O) groups is 4. The van der Waals surface area contributed by atoms with Crippen LogP contribution in [-0.2, 0) is 29.3 Å². The van der Waals surface area contributed by atoms with Crippen molar-refractivity contribution in [2.45, 2.75) is 65.0 Å². The van der Waals surface area contributed by atoms with E-state index in [1.165, 1.54) is 12.1 Å². The van der Waals surface area contributed by atoms with E-state index in [-0.39, 0.29) is 31.1 Å².